The van der Waals surface area contributed by atoms with Crippen molar-refractivity contribution < 1.29 is 19.1 Å². The Hall–Kier alpha value is -1.32. The Labute approximate surface area is 103 Å². The molecule has 0 amide bonds. The van der Waals surface area contributed by atoms with E-state index < -0.39 is 5.41 Å². The maximum absolute atomic E-state index is 11.5. The van der Waals surface area contributed by atoms with Crippen LogP contribution in [0.5, 0.6) is 0 Å². The van der Waals surface area contributed by atoms with E-state index in [1.54, 1.807) is 26.8 Å². The number of methoxy groups -OCH3 is 1. The largest absolute Gasteiger partial charge is 0.469 e. The zero-order chi connectivity index (χ0) is 13.5. The molecule has 0 bridgehead atoms. The lowest BCUT2D eigenvalue weighted by Gasteiger charge is -2.17. The molecule has 0 aromatic heterocycles. The molecule has 1 atom stereocenters. The molecule has 0 spiro atoms. The molecule has 17 heavy (non-hydrogen) atoms. The zero-order valence-corrected chi connectivity index (χ0v) is 11.1. The predicted octanol–water partition coefficient (Wildman–Crippen LogP) is 2.33. The summed E-state index contributed by atoms with van der Waals surface area (Å²) in [7, 11) is 1.35. The van der Waals surface area contributed by atoms with Crippen LogP contribution in [0.4, 0.5) is 0 Å². The minimum Gasteiger partial charge on any atom is -0.469 e. The third kappa shape index (κ3) is 6.76. The number of carbonyl (C=O) groups is 2. The molecule has 0 aromatic rings. The van der Waals surface area contributed by atoms with E-state index in [2.05, 4.69) is 11.3 Å². The van der Waals surface area contributed by atoms with Gasteiger partial charge in [-0.05, 0) is 33.1 Å². The number of carbonyl (C=O) groups excluding carboxylic acids is 2. The highest BCUT2D eigenvalue weighted by atomic mass is 16.5. The van der Waals surface area contributed by atoms with Crippen molar-refractivity contribution in [2.75, 3.05) is 13.7 Å². The summed E-state index contributed by atoms with van der Waals surface area (Å²) < 4.78 is 9.68. The quantitative estimate of drug-likeness (QED) is 0.530. The Morgan fingerprint density at radius 2 is 1.94 bits per heavy atom. The Morgan fingerprint density at radius 1 is 1.35 bits per heavy atom. The molecule has 4 nitrogen and oxygen atoms in total. The van der Waals surface area contributed by atoms with Crippen LogP contribution in [0, 0.1) is 11.3 Å². The Morgan fingerprint density at radius 3 is 2.35 bits per heavy atom. The summed E-state index contributed by atoms with van der Waals surface area (Å²) >= 11 is 0. The average molecular weight is 242 g/mol. The summed E-state index contributed by atoms with van der Waals surface area (Å²) in [6.45, 7) is 9.34. The third-order valence-electron chi connectivity index (χ3n) is 2.32. The molecule has 4 heteroatoms. The lowest BCUT2D eigenvalue weighted by Crippen LogP contribution is -2.24. The number of hydrogen-bond acceptors (Lipinski definition) is 4. The van der Waals surface area contributed by atoms with Gasteiger partial charge in [-0.3, -0.25) is 9.59 Å². The van der Waals surface area contributed by atoms with Gasteiger partial charge in [0.1, 0.15) is 0 Å². The summed E-state index contributed by atoms with van der Waals surface area (Å²) in [5, 5.41) is 0. The van der Waals surface area contributed by atoms with Crippen molar-refractivity contribution >= 4 is 11.9 Å². The molecular weight excluding hydrogens is 220 g/mol. The molecule has 0 aromatic carbocycles. The predicted molar refractivity (Wildman–Crippen MR) is 65.4 cm³/mol. The maximum atomic E-state index is 11.5. The molecule has 0 aliphatic rings. The molecule has 0 saturated heterocycles. The van der Waals surface area contributed by atoms with E-state index in [4.69, 9.17) is 4.74 Å². The van der Waals surface area contributed by atoms with Crippen molar-refractivity contribution in [1.82, 2.24) is 0 Å². The Balaban J connectivity index is 3.97. The first kappa shape index (κ1) is 15.7. The third-order valence-corrected chi connectivity index (χ3v) is 2.32. The first-order valence-corrected chi connectivity index (χ1v) is 5.68. The Kier molecular flexibility index (Phi) is 6.54. The van der Waals surface area contributed by atoms with Crippen LogP contribution in [0.2, 0.25) is 0 Å². The first-order valence-electron chi connectivity index (χ1n) is 5.68. The molecular formula is C13H22O4. The van der Waals surface area contributed by atoms with Crippen molar-refractivity contribution in [2.45, 2.75) is 33.6 Å². The van der Waals surface area contributed by atoms with Gasteiger partial charge in [-0.25, -0.2) is 0 Å². The van der Waals surface area contributed by atoms with Crippen LogP contribution in [-0.4, -0.2) is 25.7 Å². The summed E-state index contributed by atoms with van der Waals surface area (Å²) in [4.78, 5) is 22.5. The van der Waals surface area contributed by atoms with Crippen LogP contribution in [-0.2, 0) is 19.1 Å². The van der Waals surface area contributed by atoms with E-state index >= 15 is 0 Å². The lowest BCUT2D eigenvalue weighted by molar-refractivity contribution is -0.153. The summed E-state index contributed by atoms with van der Waals surface area (Å²) in [6, 6.07) is 0. The van der Waals surface area contributed by atoms with Gasteiger partial charge < -0.3 is 9.47 Å². The zero-order valence-electron chi connectivity index (χ0n) is 11.1. The molecule has 98 valence electrons. The smallest absolute Gasteiger partial charge is 0.311 e. The van der Waals surface area contributed by atoms with Crippen molar-refractivity contribution in [3.05, 3.63) is 12.7 Å². The van der Waals surface area contributed by atoms with Gasteiger partial charge in [-0.1, -0.05) is 6.08 Å². The molecule has 0 aliphatic carbocycles. The van der Waals surface area contributed by atoms with Gasteiger partial charge in [0.2, 0.25) is 0 Å². The number of hydrogen-bond donors (Lipinski definition) is 0. The second-order valence-electron chi connectivity index (χ2n) is 4.95. The maximum Gasteiger partial charge on any atom is 0.311 e. The van der Waals surface area contributed by atoms with Crippen LogP contribution >= 0.6 is 0 Å². The number of esters is 2. The van der Waals surface area contributed by atoms with Crippen molar-refractivity contribution in [3.63, 3.8) is 0 Å². The van der Waals surface area contributed by atoms with Gasteiger partial charge in [-0.2, -0.15) is 0 Å². The van der Waals surface area contributed by atoms with Crippen molar-refractivity contribution in [1.29, 1.82) is 0 Å². The van der Waals surface area contributed by atoms with Crippen LogP contribution in [0.25, 0.3) is 0 Å². The molecule has 0 heterocycles. The second kappa shape index (κ2) is 7.09. The summed E-state index contributed by atoms with van der Waals surface area (Å²) in [5.74, 6) is -0.536. The minimum atomic E-state index is -0.494. The van der Waals surface area contributed by atoms with E-state index in [1.165, 1.54) is 7.11 Å². The molecule has 0 rings (SSSR count). The Bertz CT molecular complexity index is 276. The molecule has 0 saturated carbocycles. The fourth-order valence-electron chi connectivity index (χ4n) is 1.12. The van der Waals surface area contributed by atoms with Crippen LogP contribution in [0.1, 0.15) is 33.6 Å². The number of allylic oxidation sites excluding steroid dienone is 1. The fraction of sp³-hybridized carbons (Fsp3) is 0.692. The van der Waals surface area contributed by atoms with Crippen LogP contribution < -0.4 is 0 Å². The van der Waals surface area contributed by atoms with Crippen LogP contribution in [0.3, 0.4) is 0 Å². The van der Waals surface area contributed by atoms with Gasteiger partial charge >= 0.3 is 11.9 Å². The van der Waals surface area contributed by atoms with E-state index in [-0.39, 0.29) is 24.3 Å². The second-order valence-corrected chi connectivity index (χ2v) is 4.95. The molecule has 0 fully saturated rings. The fourth-order valence-corrected chi connectivity index (χ4v) is 1.12. The van der Waals surface area contributed by atoms with Gasteiger partial charge in [0.05, 0.1) is 25.6 Å². The summed E-state index contributed by atoms with van der Waals surface area (Å²) in [6.07, 6.45) is 2.54. The van der Waals surface area contributed by atoms with Gasteiger partial charge in [0.25, 0.3) is 0 Å². The normalized spacial score (nSPS) is 12.7. The topological polar surface area (TPSA) is 52.6 Å². The number of ether oxygens (including phenoxy) is 2. The van der Waals surface area contributed by atoms with E-state index in [1.807, 2.05) is 0 Å². The average Bonchev–Trinajstić information content (AvgIpc) is 2.25. The monoisotopic (exact) mass is 242 g/mol. The van der Waals surface area contributed by atoms with E-state index in [0.29, 0.717) is 13.0 Å². The highest BCUT2D eigenvalue weighted by Gasteiger charge is 2.23. The molecule has 0 radical (unpaired) electrons. The highest BCUT2D eigenvalue weighted by molar-refractivity contribution is 5.75. The van der Waals surface area contributed by atoms with Crippen molar-refractivity contribution in [2.24, 2.45) is 11.3 Å². The van der Waals surface area contributed by atoms with Crippen molar-refractivity contribution in [3.8, 4) is 0 Å². The van der Waals surface area contributed by atoms with Gasteiger partial charge in [0, 0.05) is 0 Å². The van der Waals surface area contributed by atoms with Gasteiger partial charge in [-0.15, -0.1) is 6.58 Å². The highest BCUT2D eigenvalue weighted by Crippen LogP contribution is 2.17. The number of rotatable bonds is 6. The van der Waals surface area contributed by atoms with Crippen LogP contribution in [0.15, 0.2) is 12.7 Å². The lowest BCUT2D eigenvalue weighted by atomic mass is 9.97. The first-order chi connectivity index (χ1) is 7.81. The van der Waals surface area contributed by atoms with E-state index in [0.717, 1.165) is 0 Å². The van der Waals surface area contributed by atoms with E-state index in [9.17, 15) is 9.59 Å². The minimum absolute atomic E-state index is 0.0183. The standard InChI is InChI=1S/C13H22O4/c1-6-10(9-11(14)16-5)7-8-17-12(15)13(2,3)4/h6,10H,1,7-9H2,2-5H3. The summed E-state index contributed by atoms with van der Waals surface area (Å²) in [5.41, 5.74) is -0.494. The molecule has 0 N–H and O–H groups in total. The SMILES string of the molecule is C=CC(CCOC(=O)C(C)(C)C)CC(=O)OC. The molecule has 0 aliphatic heterocycles. The van der Waals surface area contributed by atoms with Gasteiger partial charge in [0.15, 0.2) is 0 Å². The molecule has 1 unspecified atom stereocenters.